The monoisotopic (exact) mass is 588 g/mol. The van der Waals surface area contributed by atoms with Crippen LogP contribution in [0, 0.1) is 5.82 Å². The van der Waals surface area contributed by atoms with Crippen LogP contribution in [0.2, 0.25) is 0 Å². The average Bonchev–Trinajstić information content (AvgIpc) is 3.48. The summed E-state index contributed by atoms with van der Waals surface area (Å²) in [6, 6.07) is 6.27. The van der Waals surface area contributed by atoms with Crippen molar-refractivity contribution in [1.29, 1.82) is 0 Å². The van der Waals surface area contributed by atoms with E-state index in [9.17, 15) is 22.4 Å². The van der Waals surface area contributed by atoms with E-state index in [1.165, 1.54) is 39.8 Å². The zero-order valence-electron chi connectivity index (χ0n) is 23.9. The predicted molar refractivity (Wildman–Crippen MR) is 148 cm³/mol. The molecule has 5 rings (SSSR count). The summed E-state index contributed by atoms with van der Waals surface area (Å²) < 4.78 is 70.2. The van der Waals surface area contributed by atoms with Crippen molar-refractivity contribution in [2.45, 2.75) is 71.0 Å². The van der Waals surface area contributed by atoms with Crippen LogP contribution < -0.4 is 10.1 Å². The van der Waals surface area contributed by atoms with Crippen LogP contribution in [0.25, 0.3) is 28.1 Å². The third kappa shape index (κ3) is 6.40. The van der Waals surface area contributed by atoms with E-state index in [-0.39, 0.29) is 36.3 Å². The summed E-state index contributed by atoms with van der Waals surface area (Å²) in [4.78, 5) is 18.1. The smallest absolute Gasteiger partial charge is 0.408 e. The van der Waals surface area contributed by atoms with E-state index in [4.69, 9.17) is 9.47 Å². The van der Waals surface area contributed by atoms with Crippen molar-refractivity contribution in [3.8, 4) is 17.3 Å². The summed E-state index contributed by atoms with van der Waals surface area (Å²) in [5.41, 5.74) is 0.325. The number of nitrogens with one attached hydrogen (secondary N) is 1. The molecule has 1 amide bonds. The lowest BCUT2D eigenvalue weighted by atomic mass is 10.1. The average molecular weight is 589 g/mol. The van der Waals surface area contributed by atoms with Crippen molar-refractivity contribution in [3.05, 3.63) is 54.0 Å². The number of nitrogens with zero attached hydrogens (tertiary/aromatic N) is 5. The van der Waals surface area contributed by atoms with Crippen molar-refractivity contribution >= 4 is 22.6 Å². The molecule has 1 saturated heterocycles. The highest BCUT2D eigenvalue weighted by molar-refractivity contribution is 5.86. The maximum Gasteiger partial charge on any atom is 0.408 e. The van der Waals surface area contributed by atoms with Gasteiger partial charge >= 0.3 is 12.3 Å². The Hall–Kier alpha value is -4.00. The number of halogens is 4. The number of carbonyl (C=O) groups is 1. The molecule has 0 radical (unpaired) electrons. The molecule has 0 saturated carbocycles. The first kappa shape index (κ1) is 29.5. The molecule has 9 nitrogen and oxygen atoms in total. The highest BCUT2D eigenvalue weighted by Gasteiger charge is 2.47. The molecule has 1 aromatic carbocycles. The van der Waals surface area contributed by atoms with Crippen molar-refractivity contribution in [2.24, 2.45) is 0 Å². The van der Waals surface area contributed by atoms with E-state index in [2.05, 4.69) is 20.5 Å². The molecule has 1 N–H and O–H groups in total. The molecule has 224 valence electrons. The molecule has 1 fully saturated rings. The van der Waals surface area contributed by atoms with E-state index in [1.807, 2.05) is 0 Å². The largest absolute Gasteiger partial charge is 0.489 e. The SMILES string of the molecule is CC(C)Oc1cc(F)cc2ccc(-c3nnc4ccc(C(N5CCC(NC(=O)OC(C)(C)C)C5)C(F)(F)F)cn34)nc12. The van der Waals surface area contributed by atoms with E-state index in [0.29, 0.717) is 28.7 Å². The highest BCUT2D eigenvalue weighted by atomic mass is 19.4. The first-order chi connectivity index (χ1) is 19.7. The fourth-order valence-electron chi connectivity index (χ4n) is 5.10. The molecule has 0 bridgehead atoms. The van der Waals surface area contributed by atoms with Gasteiger partial charge in [-0.25, -0.2) is 14.2 Å². The minimum atomic E-state index is -4.60. The van der Waals surface area contributed by atoms with E-state index >= 15 is 0 Å². The minimum Gasteiger partial charge on any atom is -0.489 e. The van der Waals surface area contributed by atoms with Gasteiger partial charge in [-0.2, -0.15) is 13.2 Å². The van der Waals surface area contributed by atoms with Crippen molar-refractivity contribution in [2.75, 3.05) is 13.1 Å². The molecule has 3 aromatic heterocycles. The quantitative estimate of drug-likeness (QED) is 0.273. The number of hydrogen-bond donors (Lipinski definition) is 1. The maximum atomic E-state index is 14.5. The van der Waals surface area contributed by atoms with Crippen LogP contribution in [0.15, 0.2) is 42.6 Å². The number of pyridine rings is 2. The lowest BCUT2D eigenvalue weighted by Gasteiger charge is -2.30. The number of amides is 1. The van der Waals surface area contributed by atoms with Crippen molar-refractivity contribution in [3.63, 3.8) is 0 Å². The summed E-state index contributed by atoms with van der Waals surface area (Å²) in [5.74, 6) is -0.00799. The summed E-state index contributed by atoms with van der Waals surface area (Å²) >= 11 is 0. The maximum absolute atomic E-state index is 14.5. The first-order valence-electron chi connectivity index (χ1n) is 13.6. The first-order valence-corrected chi connectivity index (χ1v) is 13.6. The van der Waals surface area contributed by atoms with Crippen LogP contribution in [-0.2, 0) is 4.74 Å². The van der Waals surface area contributed by atoms with Gasteiger partial charge in [0.1, 0.15) is 34.4 Å². The van der Waals surface area contributed by atoms with Crippen LogP contribution >= 0.6 is 0 Å². The van der Waals surface area contributed by atoms with Crippen LogP contribution in [0.3, 0.4) is 0 Å². The van der Waals surface area contributed by atoms with E-state index in [1.54, 1.807) is 46.8 Å². The molecule has 1 aliphatic heterocycles. The second kappa shape index (κ2) is 11.0. The van der Waals surface area contributed by atoms with Gasteiger partial charge in [0.25, 0.3) is 0 Å². The Kier molecular flexibility index (Phi) is 7.73. The molecule has 1 aliphatic rings. The fraction of sp³-hybridized carbons (Fsp3) is 0.448. The van der Waals surface area contributed by atoms with Crippen molar-refractivity contribution in [1.82, 2.24) is 29.8 Å². The van der Waals surface area contributed by atoms with Crippen LogP contribution in [0.1, 0.15) is 52.6 Å². The molecule has 4 heterocycles. The van der Waals surface area contributed by atoms with E-state index < -0.39 is 35.8 Å². The summed E-state index contributed by atoms with van der Waals surface area (Å²) in [6.45, 7) is 8.89. The second-order valence-electron chi connectivity index (χ2n) is 11.6. The molecular weight excluding hydrogens is 556 g/mol. The van der Waals surface area contributed by atoms with E-state index in [0.717, 1.165) is 0 Å². The van der Waals surface area contributed by atoms with Crippen LogP contribution in [-0.4, -0.2) is 67.6 Å². The zero-order chi connectivity index (χ0) is 30.4. The second-order valence-corrected chi connectivity index (χ2v) is 11.6. The van der Waals surface area contributed by atoms with Gasteiger partial charge < -0.3 is 14.8 Å². The van der Waals surface area contributed by atoms with Gasteiger partial charge in [-0.1, -0.05) is 12.1 Å². The van der Waals surface area contributed by atoms with Gasteiger partial charge in [0.2, 0.25) is 0 Å². The lowest BCUT2D eigenvalue weighted by Crippen LogP contribution is -2.42. The van der Waals surface area contributed by atoms with Gasteiger partial charge in [0, 0.05) is 36.8 Å². The Bertz CT molecular complexity index is 1620. The Balaban J connectivity index is 1.47. The zero-order valence-corrected chi connectivity index (χ0v) is 23.9. The standard InChI is InChI=1S/C29H32F4N6O3/c1-16(2)41-22-13-19(30)12-17-6-8-21(35-24(17)22)26-37-36-23-9-7-18(14-39(23)26)25(29(31,32)33)38-11-10-20(15-38)34-27(40)42-28(3,4)5/h6-9,12-14,16,20,25H,10-11,15H2,1-5H3,(H,34,40). The summed E-state index contributed by atoms with van der Waals surface area (Å²) in [7, 11) is 0. The van der Waals surface area contributed by atoms with Gasteiger partial charge in [-0.15, -0.1) is 10.2 Å². The van der Waals surface area contributed by atoms with Gasteiger partial charge in [-0.05, 0) is 64.8 Å². The predicted octanol–water partition coefficient (Wildman–Crippen LogP) is 6.07. The van der Waals surface area contributed by atoms with Gasteiger partial charge in [0.15, 0.2) is 11.5 Å². The lowest BCUT2D eigenvalue weighted by molar-refractivity contribution is -0.184. The Morgan fingerprint density at radius 3 is 2.55 bits per heavy atom. The normalized spacial score (nSPS) is 17.2. The molecule has 0 spiro atoms. The Morgan fingerprint density at radius 1 is 1.10 bits per heavy atom. The van der Waals surface area contributed by atoms with Gasteiger partial charge in [0.05, 0.1) is 6.10 Å². The molecular formula is C29H32F4N6O3. The van der Waals surface area contributed by atoms with Gasteiger partial charge in [-0.3, -0.25) is 9.30 Å². The third-order valence-electron chi connectivity index (χ3n) is 6.67. The number of hydrogen-bond acceptors (Lipinski definition) is 7. The summed E-state index contributed by atoms with van der Waals surface area (Å²) in [6.07, 6.45) is -3.80. The number of rotatable bonds is 6. The summed E-state index contributed by atoms with van der Waals surface area (Å²) in [5, 5.41) is 11.5. The third-order valence-corrected chi connectivity index (χ3v) is 6.67. The number of ether oxygens (including phenoxy) is 2. The number of likely N-dealkylation sites (tertiary alicyclic amines) is 1. The van der Waals surface area contributed by atoms with Crippen LogP contribution in [0.5, 0.6) is 5.75 Å². The number of carbonyl (C=O) groups excluding carboxylic acids is 1. The van der Waals surface area contributed by atoms with Crippen LogP contribution in [0.4, 0.5) is 22.4 Å². The molecule has 2 atom stereocenters. The molecule has 42 heavy (non-hydrogen) atoms. The topological polar surface area (TPSA) is 93.9 Å². The molecule has 0 aliphatic carbocycles. The number of alkyl carbamates (subject to hydrolysis) is 1. The number of fused-ring (bicyclic) bond motifs is 2. The molecule has 13 heteroatoms. The minimum absolute atomic E-state index is 0.00207. The van der Waals surface area contributed by atoms with Crippen molar-refractivity contribution < 1.29 is 31.8 Å². The molecule has 4 aromatic rings. The highest BCUT2D eigenvalue weighted by Crippen LogP contribution is 2.40. The number of benzene rings is 1. The number of aromatic nitrogens is 4. The Labute approximate surface area is 239 Å². The number of alkyl halides is 3. The molecule has 2 unspecified atom stereocenters. The Morgan fingerprint density at radius 2 is 1.86 bits per heavy atom. The fourth-order valence-corrected chi connectivity index (χ4v) is 5.10.